The molecular formula is C15H12N3O2S2-. The fourth-order valence-electron chi connectivity index (χ4n) is 2.02. The summed E-state index contributed by atoms with van der Waals surface area (Å²) in [5.74, 6) is -1.18. The Hall–Kier alpha value is -2.25. The van der Waals surface area contributed by atoms with Gasteiger partial charge in [-0.3, -0.25) is 0 Å². The fourth-order valence-corrected chi connectivity index (χ4v) is 3.69. The lowest BCUT2D eigenvalue weighted by atomic mass is 10.2. The van der Waals surface area contributed by atoms with E-state index in [1.54, 1.807) is 23.5 Å². The summed E-state index contributed by atoms with van der Waals surface area (Å²) in [7, 11) is 0. The number of anilines is 2. The molecule has 0 unspecified atom stereocenters. The molecular weight excluding hydrogens is 318 g/mol. The quantitative estimate of drug-likeness (QED) is 0.795. The third-order valence-corrected chi connectivity index (χ3v) is 4.87. The van der Waals surface area contributed by atoms with Gasteiger partial charge < -0.3 is 15.2 Å². The van der Waals surface area contributed by atoms with E-state index < -0.39 is 5.97 Å². The average molecular weight is 330 g/mol. The lowest BCUT2D eigenvalue weighted by molar-refractivity contribution is -0.255. The lowest BCUT2D eigenvalue weighted by Crippen LogP contribution is -2.21. The minimum atomic E-state index is -1.18. The molecule has 0 aliphatic rings. The van der Waals surface area contributed by atoms with Crippen molar-refractivity contribution in [2.45, 2.75) is 13.8 Å². The summed E-state index contributed by atoms with van der Waals surface area (Å²) in [5, 5.41) is 17.6. The minimum absolute atomic E-state index is 0.154. The first-order chi connectivity index (χ1) is 10.5. The molecule has 0 saturated heterocycles. The number of nitrogens with one attached hydrogen (secondary N) is 1. The molecule has 0 bridgehead atoms. The second kappa shape index (κ2) is 5.86. The molecule has 3 rings (SSSR count). The van der Waals surface area contributed by atoms with Gasteiger partial charge in [-0.05, 0) is 31.5 Å². The van der Waals surface area contributed by atoms with E-state index in [-0.39, 0.29) is 5.56 Å². The van der Waals surface area contributed by atoms with Gasteiger partial charge in [0.1, 0.15) is 0 Å². The van der Waals surface area contributed by atoms with E-state index in [4.69, 9.17) is 0 Å². The monoisotopic (exact) mass is 330 g/mol. The molecule has 2 heterocycles. The van der Waals surface area contributed by atoms with Crippen LogP contribution in [0.1, 0.15) is 21.1 Å². The zero-order valence-electron chi connectivity index (χ0n) is 11.9. The van der Waals surface area contributed by atoms with Gasteiger partial charge in [0.25, 0.3) is 0 Å². The largest absolute Gasteiger partial charge is 0.545 e. The summed E-state index contributed by atoms with van der Waals surface area (Å²) < 4.78 is 0. The highest BCUT2D eigenvalue weighted by Crippen LogP contribution is 2.32. The Bertz CT molecular complexity index is 822. The topological polar surface area (TPSA) is 77.9 Å². The molecule has 3 aromatic rings. The molecule has 0 saturated carbocycles. The highest BCUT2D eigenvalue weighted by Gasteiger charge is 2.11. The van der Waals surface area contributed by atoms with E-state index in [1.165, 1.54) is 23.5 Å². The maximum Gasteiger partial charge on any atom is 0.187 e. The lowest BCUT2D eigenvalue weighted by Gasteiger charge is -2.05. The number of hydrogen-bond acceptors (Lipinski definition) is 7. The molecule has 0 amide bonds. The number of nitrogens with zero attached hydrogens (tertiary/aromatic N) is 2. The highest BCUT2D eigenvalue weighted by atomic mass is 32.1. The van der Waals surface area contributed by atoms with Crippen LogP contribution in [0.2, 0.25) is 0 Å². The van der Waals surface area contributed by atoms with Gasteiger partial charge in [-0.15, -0.1) is 22.7 Å². The molecule has 1 N–H and O–H groups in total. The van der Waals surface area contributed by atoms with Crippen molar-refractivity contribution in [2.75, 3.05) is 5.32 Å². The van der Waals surface area contributed by atoms with Crippen molar-refractivity contribution < 1.29 is 9.90 Å². The molecule has 7 heteroatoms. The maximum atomic E-state index is 10.7. The first-order valence-corrected chi connectivity index (χ1v) is 8.21. The van der Waals surface area contributed by atoms with E-state index in [1.807, 2.05) is 19.2 Å². The number of thiazole rings is 2. The van der Waals surface area contributed by atoms with Crippen LogP contribution in [-0.4, -0.2) is 15.9 Å². The summed E-state index contributed by atoms with van der Waals surface area (Å²) in [5.41, 5.74) is 2.82. The predicted molar refractivity (Wildman–Crippen MR) is 86.8 cm³/mol. The Balaban J connectivity index is 1.79. The summed E-state index contributed by atoms with van der Waals surface area (Å²) in [6.45, 7) is 3.95. The van der Waals surface area contributed by atoms with Crippen LogP contribution >= 0.6 is 22.7 Å². The maximum absolute atomic E-state index is 10.7. The summed E-state index contributed by atoms with van der Waals surface area (Å²) in [6, 6.07) is 6.38. The molecule has 0 aliphatic heterocycles. The number of benzene rings is 1. The van der Waals surface area contributed by atoms with Crippen LogP contribution in [0.3, 0.4) is 0 Å². The highest BCUT2D eigenvalue weighted by molar-refractivity contribution is 7.16. The van der Waals surface area contributed by atoms with Gasteiger partial charge in [-0.25, -0.2) is 9.97 Å². The number of aromatic carboxylic acids is 1. The number of aromatic nitrogens is 2. The Kier molecular flexibility index (Phi) is 3.91. The number of rotatable bonds is 4. The average Bonchev–Trinajstić information content (AvgIpc) is 3.06. The van der Waals surface area contributed by atoms with Gasteiger partial charge in [-0.2, -0.15) is 0 Å². The van der Waals surface area contributed by atoms with Gasteiger partial charge in [0.2, 0.25) is 0 Å². The Labute approximate surface area is 135 Å². The van der Waals surface area contributed by atoms with Gasteiger partial charge in [0, 0.05) is 11.1 Å². The van der Waals surface area contributed by atoms with Crippen LogP contribution in [-0.2, 0) is 0 Å². The first-order valence-electron chi connectivity index (χ1n) is 6.51. The van der Waals surface area contributed by atoms with Gasteiger partial charge in [-0.1, -0.05) is 12.1 Å². The third kappa shape index (κ3) is 3.00. The van der Waals surface area contributed by atoms with Crippen LogP contribution in [0.5, 0.6) is 0 Å². The molecule has 1 aromatic carbocycles. The smallest absolute Gasteiger partial charge is 0.187 e. The van der Waals surface area contributed by atoms with E-state index in [9.17, 15) is 9.90 Å². The van der Waals surface area contributed by atoms with Crippen molar-refractivity contribution in [1.82, 2.24) is 9.97 Å². The number of carbonyl (C=O) groups is 1. The van der Waals surface area contributed by atoms with Crippen LogP contribution in [0.15, 0.2) is 29.6 Å². The molecule has 0 atom stereocenters. The SMILES string of the molecule is Cc1nc(C)c(-c2csc(Nc3ccc(C(=O)[O-])cc3)n2)s1. The van der Waals surface area contributed by atoms with Crippen LogP contribution in [0.4, 0.5) is 10.8 Å². The number of carboxylic acid groups (broad SMARTS) is 1. The molecule has 0 aliphatic carbocycles. The van der Waals surface area contributed by atoms with Crippen molar-refractivity contribution in [2.24, 2.45) is 0 Å². The second-order valence-corrected chi connectivity index (χ2v) is 6.74. The van der Waals surface area contributed by atoms with E-state index >= 15 is 0 Å². The van der Waals surface area contributed by atoms with Gasteiger partial charge in [0.05, 0.1) is 27.2 Å². The Morgan fingerprint density at radius 3 is 2.50 bits per heavy atom. The summed E-state index contributed by atoms with van der Waals surface area (Å²) in [6.07, 6.45) is 0. The Morgan fingerprint density at radius 2 is 1.91 bits per heavy atom. The zero-order chi connectivity index (χ0) is 15.7. The molecule has 0 spiro atoms. The number of carbonyl (C=O) groups excluding carboxylic acids is 1. The minimum Gasteiger partial charge on any atom is -0.545 e. The Morgan fingerprint density at radius 1 is 1.18 bits per heavy atom. The molecule has 0 fully saturated rings. The molecule has 2 aromatic heterocycles. The predicted octanol–water partition coefficient (Wildman–Crippen LogP) is 2.99. The van der Waals surface area contributed by atoms with Crippen molar-refractivity contribution >= 4 is 39.5 Å². The second-order valence-electron chi connectivity index (χ2n) is 4.68. The summed E-state index contributed by atoms with van der Waals surface area (Å²) >= 11 is 3.12. The van der Waals surface area contributed by atoms with Crippen LogP contribution in [0.25, 0.3) is 10.6 Å². The van der Waals surface area contributed by atoms with E-state index in [0.29, 0.717) is 0 Å². The van der Waals surface area contributed by atoms with Gasteiger partial charge in [0.15, 0.2) is 5.13 Å². The van der Waals surface area contributed by atoms with Crippen LogP contribution in [0, 0.1) is 13.8 Å². The first kappa shape index (κ1) is 14.7. The summed E-state index contributed by atoms with van der Waals surface area (Å²) in [4.78, 5) is 20.8. The number of carboxylic acids is 1. The van der Waals surface area contributed by atoms with E-state index in [0.717, 1.165) is 32.1 Å². The van der Waals surface area contributed by atoms with Crippen molar-refractivity contribution in [1.29, 1.82) is 0 Å². The van der Waals surface area contributed by atoms with Crippen molar-refractivity contribution in [3.8, 4) is 10.6 Å². The van der Waals surface area contributed by atoms with Gasteiger partial charge >= 0.3 is 0 Å². The number of hydrogen-bond donors (Lipinski definition) is 1. The standard InChI is InChI=1S/C15H13N3O2S2/c1-8-13(22-9(2)16-8)12-7-21-15(18-12)17-11-5-3-10(4-6-11)14(19)20/h3-7H,1-2H3,(H,17,18)(H,19,20)/p-1. The van der Waals surface area contributed by atoms with Crippen molar-refractivity contribution in [3.05, 3.63) is 45.9 Å². The third-order valence-electron chi connectivity index (χ3n) is 3.01. The van der Waals surface area contributed by atoms with Crippen LogP contribution < -0.4 is 10.4 Å². The van der Waals surface area contributed by atoms with Crippen molar-refractivity contribution in [3.63, 3.8) is 0 Å². The zero-order valence-corrected chi connectivity index (χ0v) is 13.5. The molecule has 5 nitrogen and oxygen atoms in total. The van der Waals surface area contributed by atoms with E-state index in [2.05, 4.69) is 15.3 Å². The number of aryl methyl sites for hydroxylation is 2. The molecule has 22 heavy (non-hydrogen) atoms. The molecule has 0 radical (unpaired) electrons. The normalized spacial score (nSPS) is 10.6. The molecule has 112 valence electrons. The fraction of sp³-hybridized carbons (Fsp3) is 0.133.